The maximum atomic E-state index is 12.4. The number of aromatic nitrogens is 1. The summed E-state index contributed by atoms with van der Waals surface area (Å²) in [6, 6.07) is 10.2. The number of aliphatic imine (C=N–C) groups is 1. The Morgan fingerprint density at radius 1 is 1.05 bits per heavy atom. The van der Waals surface area contributed by atoms with Crippen molar-refractivity contribution < 1.29 is 19.1 Å². The third-order valence-corrected chi connectivity index (χ3v) is 5.57. The minimum Gasteiger partial charge on any atom is -0.490 e. The van der Waals surface area contributed by atoms with Gasteiger partial charge in [-0.25, -0.2) is 9.78 Å². The predicted molar refractivity (Wildman–Crippen MR) is 143 cm³/mol. The summed E-state index contributed by atoms with van der Waals surface area (Å²) >= 11 is 0. The van der Waals surface area contributed by atoms with Crippen LogP contribution in [0.2, 0.25) is 0 Å². The second-order valence-corrected chi connectivity index (χ2v) is 8.33. The molecular weight excluding hydrogens is 472 g/mol. The lowest BCUT2D eigenvalue weighted by atomic mass is 10.0. The van der Waals surface area contributed by atoms with Crippen molar-refractivity contribution in [1.29, 1.82) is 0 Å². The minimum absolute atomic E-state index is 0.216. The van der Waals surface area contributed by atoms with Crippen molar-refractivity contribution in [2.75, 3.05) is 48.9 Å². The molecule has 10 heteroatoms. The number of rotatable bonds is 7. The molecule has 3 amide bonds. The van der Waals surface area contributed by atoms with E-state index in [1.54, 1.807) is 30.5 Å². The molecule has 3 heterocycles. The third kappa shape index (κ3) is 6.83. The van der Waals surface area contributed by atoms with Crippen LogP contribution in [0.3, 0.4) is 0 Å². The van der Waals surface area contributed by atoms with E-state index in [1.807, 2.05) is 25.1 Å². The highest BCUT2D eigenvalue weighted by Crippen LogP contribution is 2.25. The Morgan fingerprint density at radius 3 is 2.41 bits per heavy atom. The summed E-state index contributed by atoms with van der Waals surface area (Å²) in [5.41, 5.74) is 4.40. The van der Waals surface area contributed by atoms with Gasteiger partial charge in [-0.2, -0.15) is 0 Å². The van der Waals surface area contributed by atoms with Gasteiger partial charge in [-0.3, -0.25) is 9.79 Å². The maximum Gasteiger partial charge on any atom is 0.323 e. The number of allylic oxidation sites excluding steroid dienone is 2. The Kier molecular flexibility index (Phi) is 8.32. The molecule has 0 spiro atoms. The lowest BCUT2D eigenvalue weighted by Crippen LogP contribution is -2.36. The van der Waals surface area contributed by atoms with E-state index < -0.39 is 6.03 Å². The molecule has 10 nitrogen and oxygen atoms in total. The second kappa shape index (κ2) is 12.0. The number of nitrogens with one attached hydrogen (secondary N) is 3. The number of ether oxygens (including phenoxy) is 2. The zero-order chi connectivity index (χ0) is 26.2. The van der Waals surface area contributed by atoms with Gasteiger partial charge in [0.1, 0.15) is 5.82 Å². The van der Waals surface area contributed by atoms with Gasteiger partial charge in [-0.1, -0.05) is 18.7 Å². The zero-order valence-electron chi connectivity index (χ0n) is 20.9. The van der Waals surface area contributed by atoms with Crippen LogP contribution in [-0.4, -0.2) is 60.4 Å². The number of amides is 3. The van der Waals surface area contributed by atoms with Gasteiger partial charge in [0.05, 0.1) is 49.3 Å². The first-order valence-electron chi connectivity index (χ1n) is 12.0. The topological polar surface area (TPSA) is 117 Å². The molecule has 37 heavy (non-hydrogen) atoms. The van der Waals surface area contributed by atoms with Crippen LogP contribution in [0.25, 0.3) is 0 Å². The molecule has 1 saturated heterocycles. The average Bonchev–Trinajstić information content (AvgIpc) is 3.05. The van der Waals surface area contributed by atoms with Gasteiger partial charge in [0.25, 0.3) is 0 Å². The number of urea groups is 1. The molecule has 0 unspecified atom stereocenters. The SMILES string of the molecule is C=C1C=C(N2CCOCC2)C(OCC)=CN=C1c1ccc(NC(=O)Nc2ccc(NC(C)=O)nc2)cc1. The maximum absolute atomic E-state index is 12.4. The van der Waals surface area contributed by atoms with Gasteiger partial charge in [0.15, 0.2) is 5.76 Å². The van der Waals surface area contributed by atoms with Crippen molar-refractivity contribution in [3.63, 3.8) is 0 Å². The van der Waals surface area contributed by atoms with Gasteiger partial charge in [0.2, 0.25) is 5.91 Å². The van der Waals surface area contributed by atoms with Crippen molar-refractivity contribution in [2.24, 2.45) is 4.99 Å². The van der Waals surface area contributed by atoms with Gasteiger partial charge < -0.3 is 30.3 Å². The van der Waals surface area contributed by atoms with Crippen LogP contribution >= 0.6 is 0 Å². The summed E-state index contributed by atoms with van der Waals surface area (Å²) < 4.78 is 11.4. The van der Waals surface area contributed by atoms with Crippen molar-refractivity contribution in [3.8, 4) is 0 Å². The van der Waals surface area contributed by atoms with E-state index in [1.165, 1.54) is 13.1 Å². The molecule has 3 N–H and O–H groups in total. The highest BCUT2D eigenvalue weighted by molar-refractivity contribution is 6.15. The first-order chi connectivity index (χ1) is 17.9. The number of nitrogens with zero attached hydrogens (tertiary/aromatic N) is 3. The molecule has 0 radical (unpaired) electrons. The summed E-state index contributed by atoms with van der Waals surface area (Å²) in [6.45, 7) is 11.0. The van der Waals surface area contributed by atoms with Gasteiger partial charge in [-0.15, -0.1) is 0 Å². The molecule has 0 bridgehead atoms. The predicted octanol–water partition coefficient (Wildman–Crippen LogP) is 4.14. The Morgan fingerprint density at radius 2 is 1.76 bits per heavy atom. The molecule has 1 aromatic carbocycles. The van der Waals surface area contributed by atoms with E-state index >= 15 is 0 Å². The normalized spacial score (nSPS) is 15.6. The number of benzene rings is 1. The third-order valence-electron chi connectivity index (χ3n) is 5.57. The fourth-order valence-electron chi connectivity index (χ4n) is 3.88. The molecule has 2 aliphatic heterocycles. The Labute approximate surface area is 215 Å². The van der Waals surface area contributed by atoms with E-state index in [2.05, 4.69) is 37.4 Å². The highest BCUT2D eigenvalue weighted by atomic mass is 16.5. The molecule has 4 rings (SSSR count). The van der Waals surface area contributed by atoms with E-state index in [0.29, 0.717) is 42.8 Å². The van der Waals surface area contributed by atoms with Crippen molar-refractivity contribution >= 4 is 34.8 Å². The Hall–Kier alpha value is -4.44. The number of anilines is 3. The van der Waals surface area contributed by atoms with Crippen molar-refractivity contribution in [2.45, 2.75) is 13.8 Å². The minimum atomic E-state index is -0.416. The average molecular weight is 503 g/mol. The van der Waals surface area contributed by atoms with Crippen molar-refractivity contribution in [3.05, 3.63) is 84.0 Å². The fourth-order valence-corrected chi connectivity index (χ4v) is 3.88. The summed E-state index contributed by atoms with van der Waals surface area (Å²) in [4.78, 5) is 34.5. The molecule has 2 aliphatic rings. The summed E-state index contributed by atoms with van der Waals surface area (Å²) in [5, 5.41) is 8.08. The van der Waals surface area contributed by atoms with Crippen LogP contribution in [0.1, 0.15) is 19.4 Å². The summed E-state index contributed by atoms with van der Waals surface area (Å²) in [6.07, 6.45) is 5.21. The fraction of sp³-hybridized carbons (Fsp3) is 0.259. The number of hydrogen-bond acceptors (Lipinski definition) is 7. The van der Waals surface area contributed by atoms with Gasteiger partial charge in [-0.05, 0) is 42.8 Å². The van der Waals surface area contributed by atoms with Crippen LogP contribution < -0.4 is 16.0 Å². The molecule has 0 atom stereocenters. The molecule has 1 fully saturated rings. The van der Waals surface area contributed by atoms with Crippen LogP contribution in [0, 0.1) is 0 Å². The number of carbonyl (C=O) groups excluding carboxylic acids is 2. The highest BCUT2D eigenvalue weighted by Gasteiger charge is 2.22. The van der Waals surface area contributed by atoms with Crippen LogP contribution in [0.4, 0.5) is 22.0 Å². The Bertz CT molecular complexity index is 1240. The number of pyridine rings is 1. The smallest absolute Gasteiger partial charge is 0.323 e. The van der Waals surface area contributed by atoms with Crippen molar-refractivity contribution in [1.82, 2.24) is 9.88 Å². The van der Waals surface area contributed by atoms with E-state index in [9.17, 15) is 9.59 Å². The molecule has 1 aromatic heterocycles. The van der Waals surface area contributed by atoms with Crippen LogP contribution in [-0.2, 0) is 14.3 Å². The first kappa shape index (κ1) is 25.6. The lowest BCUT2D eigenvalue weighted by molar-refractivity contribution is -0.114. The van der Waals surface area contributed by atoms with Gasteiger partial charge >= 0.3 is 6.03 Å². The van der Waals surface area contributed by atoms with E-state index in [-0.39, 0.29) is 5.91 Å². The summed E-state index contributed by atoms with van der Waals surface area (Å²) in [5.74, 6) is 0.898. The molecular formula is C27H30N6O4. The molecule has 0 saturated carbocycles. The number of hydrogen-bond donors (Lipinski definition) is 3. The standard InChI is InChI=1S/C27H30N6O4/c1-4-37-24-17-29-26(18(2)15-23(24)33-11-13-36-14-12-33)20-5-7-21(8-6-20)31-27(35)32-22-9-10-25(28-16-22)30-19(3)34/h5-10,15-17H,2,4,11-14H2,1,3H3,(H,28,30,34)(H2,31,32,35). The molecule has 0 aliphatic carbocycles. The number of carbonyl (C=O) groups is 2. The quantitative estimate of drug-likeness (QED) is 0.524. The second-order valence-electron chi connectivity index (χ2n) is 8.33. The summed E-state index contributed by atoms with van der Waals surface area (Å²) in [7, 11) is 0. The monoisotopic (exact) mass is 502 g/mol. The Balaban J connectivity index is 1.43. The zero-order valence-corrected chi connectivity index (χ0v) is 20.9. The largest absolute Gasteiger partial charge is 0.490 e. The van der Waals surface area contributed by atoms with E-state index in [0.717, 1.165) is 35.6 Å². The number of morpholine rings is 1. The van der Waals surface area contributed by atoms with E-state index in [4.69, 9.17) is 9.47 Å². The molecule has 192 valence electrons. The van der Waals surface area contributed by atoms with Crippen LogP contribution in [0.15, 0.2) is 83.5 Å². The molecule has 2 aromatic rings. The van der Waals surface area contributed by atoms with Crippen LogP contribution in [0.5, 0.6) is 0 Å². The lowest BCUT2D eigenvalue weighted by Gasteiger charge is -2.31. The first-order valence-corrected chi connectivity index (χ1v) is 12.0. The van der Waals surface area contributed by atoms with Gasteiger partial charge in [0, 0.05) is 31.3 Å².